The number of aromatic amines is 1. The monoisotopic (exact) mass is 374 g/mol. The van der Waals surface area contributed by atoms with Crippen molar-refractivity contribution in [3.63, 3.8) is 0 Å². The Morgan fingerprint density at radius 1 is 1.40 bits per heavy atom. The minimum Gasteiger partial charge on any atom is -0.335 e. The van der Waals surface area contributed by atoms with Crippen molar-refractivity contribution >= 4 is 21.7 Å². The van der Waals surface area contributed by atoms with Crippen molar-refractivity contribution in [3.8, 4) is 11.5 Å². The summed E-state index contributed by atoms with van der Waals surface area (Å²) in [5, 5.41) is 10.2. The number of sulfone groups is 1. The van der Waals surface area contributed by atoms with E-state index in [0.29, 0.717) is 5.06 Å². The van der Waals surface area contributed by atoms with Crippen LogP contribution in [-0.2, 0) is 9.84 Å². The molecule has 1 aliphatic rings. The molecule has 0 aliphatic carbocycles. The summed E-state index contributed by atoms with van der Waals surface area (Å²) in [5.41, 5.74) is -1.06. The smallest absolute Gasteiger partial charge is 0.335 e. The number of hydrogen-bond acceptors (Lipinski definition) is 6. The molecule has 0 unspecified atom stereocenters. The summed E-state index contributed by atoms with van der Waals surface area (Å²) in [7, 11) is -3.62. The van der Waals surface area contributed by atoms with Crippen LogP contribution in [0.2, 0.25) is 0 Å². The zero-order valence-electron chi connectivity index (χ0n) is 12.9. The van der Waals surface area contributed by atoms with Gasteiger partial charge in [0.05, 0.1) is 28.5 Å². The van der Waals surface area contributed by atoms with Crippen LogP contribution in [-0.4, -0.2) is 47.1 Å². The number of aromatic nitrogens is 3. The topological polar surface area (TPSA) is 99.2 Å². The van der Waals surface area contributed by atoms with Gasteiger partial charge >= 0.3 is 6.18 Å². The summed E-state index contributed by atoms with van der Waals surface area (Å²) in [6.07, 6.45) is -2.43. The number of nitrogens with one attached hydrogen (secondary N) is 1. The second-order valence-electron chi connectivity index (χ2n) is 5.30. The van der Waals surface area contributed by atoms with Crippen molar-refractivity contribution in [1.82, 2.24) is 15.0 Å². The van der Waals surface area contributed by atoms with Crippen LogP contribution in [0.25, 0.3) is 17.6 Å². The lowest BCUT2D eigenvalue weighted by Gasteiger charge is -2.22. The van der Waals surface area contributed by atoms with Crippen LogP contribution in [0.1, 0.15) is 12.6 Å². The Balaban J connectivity index is 2.14. The molecule has 0 radical (unpaired) electrons. The Bertz CT molecular complexity index is 950. The second kappa shape index (κ2) is 5.85. The third-order valence-corrected chi connectivity index (χ3v) is 5.43. The van der Waals surface area contributed by atoms with Gasteiger partial charge in [-0.05, 0) is 18.2 Å². The largest absolute Gasteiger partial charge is 0.414 e. The lowest BCUT2D eigenvalue weighted by Crippen LogP contribution is -2.30. The van der Waals surface area contributed by atoms with Crippen LogP contribution in [0.5, 0.6) is 0 Å². The minimum absolute atomic E-state index is 0.0193. The fourth-order valence-electron chi connectivity index (χ4n) is 2.39. The highest BCUT2D eigenvalue weighted by molar-refractivity contribution is 7.91. The molecule has 0 aromatic carbocycles. The number of fused-ring (bicyclic) bond motifs is 1. The maximum atomic E-state index is 12.9. The van der Waals surface area contributed by atoms with E-state index >= 15 is 0 Å². The van der Waals surface area contributed by atoms with Crippen molar-refractivity contribution in [3.05, 3.63) is 29.6 Å². The number of hydroxylamine groups is 1. The van der Waals surface area contributed by atoms with Crippen LogP contribution in [0.4, 0.5) is 19.0 Å². The first-order chi connectivity index (χ1) is 11.6. The van der Waals surface area contributed by atoms with E-state index in [9.17, 15) is 26.8 Å². The van der Waals surface area contributed by atoms with Crippen LogP contribution in [0, 0.1) is 0 Å². The van der Waals surface area contributed by atoms with Gasteiger partial charge in [0, 0.05) is 6.20 Å². The normalized spacial score (nSPS) is 15.1. The molecule has 0 bridgehead atoms. The Kier molecular flexibility index (Phi) is 4.07. The maximum Gasteiger partial charge on any atom is 0.414 e. The molecule has 134 valence electrons. The van der Waals surface area contributed by atoms with E-state index in [0.717, 1.165) is 6.08 Å². The molecule has 2 aromatic heterocycles. The Morgan fingerprint density at radius 3 is 2.76 bits per heavy atom. The van der Waals surface area contributed by atoms with Crippen molar-refractivity contribution in [1.29, 1.82) is 0 Å². The zero-order chi connectivity index (χ0) is 18.4. The van der Waals surface area contributed by atoms with Gasteiger partial charge < -0.3 is 4.98 Å². The first-order valence-corrected chi connectivity index (χ1v) is 8.81. The van der Waals surface area contributed by atoms with Gasteiger partial charge in [-0.1, -0.05) is 6.92 Å². The van der Waals surface area contributed by atoms with E-state index in [2.05, 4.69) is 15.0 Å². The molecule has 25 heavy (non-hydrogen) atoms. The quantitative estimate of drug-likeness (QED) is 0.856. The highest BCUT2D eigenvalue weighted by atomic mass is 32.2. The summed E-state index contributed by atoms with van der Waals surface area (Å²) >= 11 is 0. The molecule has 0 saturated carbocycles. The summed E-state index contributed by atoms with van der Waals surface area (Å²) in [6.45, 7) is 0.691. The molecule has 0 atom stereocenters. The SMILES string of the molecule is CCS(=O)(=O)c1cccnc1-c1nc2c([nH]1)C=C(C(F)(F)F)CN2O. The number of hydrogen-bond donors (Lipinski definition) is 2. The molecule has 0 saturated heterocycles. The average Bonchev–Trinajstić information content (AvgIpc) is 2.99. The molecule has 3 rings (SSSR count). The molecule has 0 spiro atoms. The fourth-order valence-corrected chi connectivity index (χ4v) is 3.43. The molecule has 0 fully saturated rings. The Labute approximate surface area is 140 Å². The third kappa shape index (κ3) is 3.12. The number of pyridine rings is 1. The second-order valence-corrected chi connectivity index (χ2v) is 7.55. The van der Waals surface area contributed by atoms with E-state index in [-0.39, 0.29) is 33.7 Å². The molecule has 2 N–H and O–H groups in total. The zero-order valence-corrected chi connectivity index (χ0v) is 13.7. The Hall–Kier alpha value is -2.40. The molecular formula is C14H13F3N4O3S. The first kappa shape index (κ1) is 17.4. The lowest BCUT2D eigenvalue weighted by atomic mass is 10.1. The average molecular weight is 374 g/mol. The van der Waals surface area contributed by atoms with Gasteiger partial charge in [-0.15, -0.1) is 0 Å². The van der Waals surface area contributed by atoms with Crippen molar-refractivity contribution < 1.29 is 26.8 Å². The molecule has 1 aliphatic heterocycles. The van der Waals surface area contributed by atoms with Gasteiger partial charge in [0.15, 0.2) is 21.5 Å². The standard InChI is InChI=1S/C14H13F3N4O3S/c1-2-25(23,24)10-4-3-5-18-11(10)12-19-9-6-8(14(15,16)17)7-21(22)13(9)20-12/h3-6,22H,2,7H2,1H3,(H,19,20). The number of rotatable bonds is 3. The van der Waals surface area contributed by atoms with Gasteiger partial charge in [0.2, 0.25) is 0 Å². The van der Waals surface area contributed by atoms with Crippen molar-refractivity contribution in [2.45, 2.75) is 18.0 Å². The van der Waals surface area contributed by atoms with Crippen LogP contribution in [0.3, 0.4) is 0 Å². The number of anilines is 1. The predicted molar refractivity (Wildman–Crippen MR) is 82.7 cm³/mol. The third-order valence-electron chi connectivity index (χ3n) is 3.67. The van der Waals surface area contributed by atoms with E-state index in [1.807, 2.05) is 0 Å². The van der Waals surface area contributed by atoms with Crippen LogP contribution in [0.15, 0.2) is 28.8 Å². The van der Waals surface area contributed by atoms with E-state index in [1.165, 1.54) is 25.3 Å². The summed E-state index contributed by atoms with van der Waals surface area (Å²) in [5.74, 6) is -0.346. The molecule has 11 heteroatoms. The summed E-state index contributed by atoms with van der Waals surface area (Å²) < 4.78 is 63.0. The maximum absolute atomic E-state index is 12.9. The van der Waals surface area contributed by atoms with E-state index in [1.54, 1.807) is 0 Å². The Morgan fingerprint density at radius 2 is 2.12 bits per heavy atom. The predicted octanol–water partition coefficient (Wildman–Crippen LogP) is 2.42. The van der Waals surface area contributed by atoms with Gasteiger partial charge in [-0.2, -0.15) is 13.2 Å². The minimum atomic E-state index is -4.61. The number of halogens is 3. The van der Waals surface area contributed by atoms with Crippen LogP contribution < -0.4 is 5.06 Å². The number of imidazole rings is 1. The molecule has 7 nitrogen and oxygen atoms in total. The molecular weight excluding hydrogens is 361 g/mol. The molecule has 0 amide bonds. The lowest BCUT2D eigenvalue weighted by molar-refractivity contribution is -0.0929. The fraction of sp³-hybridized carbons (Fsp3) is 0.286. The van der Waals surface area contributed by atoms with E-state index < -0.39 is 28.1 Å². The van der Waals surface area contributed by atoms with Crippen molar-refractivity contribution in [2.75, 3.05) is 17.4 Å². The van der Waals surface area contributed by atoms with E-state index in [4.69, 9.17) is 0 Å². The number of H-pyrrole nitrogens is 1. The number of alkyl halides is 3. The molecule has 3 heterocycles. The number of nitrogens with zero attached hydrogens (tertiary/aromatic N) is 3. The van der Waals surface area contributed by atoms with Gasteiger partial charge in [0.25, 0.3) is 0 Å². The van der Waals surface area contributed by atoms with Gasteiger partial charge in [-0.25, -0.2) is 18.5 Å². The summed E-state index contributed by atoms with van der Waals surface area (Å²) in [4.78, 5) is 10.5. The highest BCUT2D eigenvalue weighted by Gasteiger charge is 2.38. The molecule has 2 aromatic rings. The van der Waals surface area contributed by atoms with Crippen LogP contribution >= 0.6 is 0 Å². The summed E-state index contributed by atoms with van der Waals surface area (Å²) in [6, 6.07) is 2.78. The van der Waals surface area contributed by atoms with Gasteiger partial charge in [-0.3, -0.25) is 10.2 Å². The first-order valence-electron chi connectivity index (χ1n) is 7.16. The van der Waals surface area contributed by atoms with Gasteiger partial charge in [0.1, 0.15) is 5.69 Å². The van der Waals surface area contributed by atoms with Crippen molar-refractivity contribution in [2.24, 2.45) is 0 Å². The highest BCUT2D eigenvalue weighted by Crippen LogP contribution is 2.36.